The summed E-state index contributed by atoms with van der Waals surface area (Å²) in [5, 5.41) is 3.68. The lowest BCUT2D eigenvalue weighted by atomic mass is 9.96. The van der Waals surface area contributed by atoms with Crippen molar-refractivity contribution in [1.29, 1.82) is 0 Å². The highest BCUT2D eigenvalue weighted by Crippen LogP contribution is 2.24. The third kappa shape index (κ3) is 6.96. The molecule has 1 atom stereocenters. The molecule has 0 spiro atoms. The van der Waals surface area contributed by atoms with Gasteiger partial charge in [0, 0.05) is 6.04 Å². The van der Waals surface area contributed by atoms with Crippen molar-refractivity contribution in [2.45, 2.75) is 46.3 Å². The Morgan fingerprint density at radius 1 is 1.05 bits per heavy atom. The Balaban J connectivity index is 2.59. The predicted octanol–water partition coefficient (Wildman–Crippen LogP) is 3.71. The molecule has 1 rings (SSSR count). The van der Waals surface area contributed by atoms with Gasteiger partial charge < -0.3 is 15.0 Å². The van der Waals surface area contributed by atoms with Gasteiger partial charge in [-0.05, 0) is 71.1 Å². The summed E-state index contributed by atoms with van der Waals surface area (Å²) in [7, 11) is 4.24. The molecule has 0 amide bonds. The Hall–Kier alpha value is -1.06. The fourth-order valence-electron chi connectivity index (χ4n) is 2.42. The summed E-state index contributed by atoms with van der Waals surface area (Å²) in [5.41, 5.74) is 1.34. The van der Waals surface area contributed by atoms with Gasteiger partial charge in [0.15, 0.2) is 0 Å². The van der Waals surface area contributed by atoms with Gasteiger partial charge in [-0.1, -0.05) is 26.0 Å². The van der Waals surface area contributed by atoms with Crippen LogP contribution in [0.2, 0.25) is 0 Å². The van der Waals surface area contributed by atoms with Gasteiger partial charge in [-0.15, -0.1) is 0 Å². The molecule has 1 N–H and O–H groups in total. The van der Waals surface area contributed by atoms with Crippen molar-refractivity contribution < 1.29 is 4.74 Å². The lowest BCUT2D eigenvalue weighted by Crippen LogP contribution is -2.28. The summed E-state index contributed by atoms with van der Waals surface area (Å²) in [6.45, 7) is 10.8. The van der Waals surface area contributed by atoms with E-state index in [-0.39, 0.29) is 6.10 Å². The van der Waals surface area contributed by atoms with Crippen LogP contribution in [-0.2, 0) is 0 Å². The highest BCUT2D eigenvalue weighted by molar-refractivity contribution is 5.29. The zero-order valence-corrected chi connectivity index (χ0v) is 14.5. The van der Waals surface area contributed by atoms with Crippen LogP contribution in [0.25, 0.3) is 0 Å². The lowest BCUT2D eigenvalue weighted by molar-refractivity contribution is 0.242. The third-order valence-electron chi connectivity index (χ3n) is 3.42. The molecule has 3 nitrogen and oxygen atoms in total. The molecule has 0 aliphatic heterocycles. The number of hydrogen-bond acceptors (Lipinski definition) is 3. The second-order valence-corrected chi connectivity index (χ2v) is 6.57. The van der Waals surface area contributed by atoms with Crippen LogP contribution in [0.1, 0.15) is 45.7 Å². The number of benzene rings is 1. The van der Waals surface area contributed by atoms with E-state index in [2.05, 4.69) is 76.3 Å². The lowest BCUT2D eigenvalue weighted by Gasteiger charge is -2.24. The summed E-state index contributed by atoms with van der Waals surface area (Å²) in [6.07, 6.45) is 1.39. The molecule has 0 aliphatic rings. The minimum Gasteiger partial charge on any atom is -0.491 e. The topological polar surface area (TPSA) is 24.5 Å². The van der Waals surface area contributed by atoms with Crippen LogP contribution >= 0.6 is 0 Å². The average molecular weight is 292 g/mol. The third-order valence-corrected chi connectivity index (χ3v) is 3.42. The zero-order valence-electron chi connectivity index (χ0n) is 14.5. The van der Waals surface area contributed by atoms with Crippen molar-refractivity contribution in [3.05, 3.63) is 29.8 Å². The molecule has 0 saturated carbocycles. The van der Waals surface area contributed by atoms with Gasteiger partial charge in [-0.3, -0.25) is 0 Å². The van der Waals surface area contributed by atoms with Crippen LogP contribution < -0.4 is 10.1 Å². The molecule has 1 aromatic rings. The van der Waals surface area contributed by atoms with E-state index >= 15 is 0 Å². The maximum atomic E-state index is 5.71. The predicted molar refractivity (Wildman–Crippen MR) is 91.0 cm³/mol. The highest BCUT2D eigenvalue weighted by atomic mass is 16.5. The van der Waals surface area contributed by atoms with Crippen LogP contribution in [0.5, 0.6) is 5.75 Å². The van der Waals surface area contributed by atoms with Crippen LogP contribution in [-0.4, -0.2) is 38.2 Å². The fourth-order valence-corrected chi connectivity index (χ4v) is 2.42. The maximum Gasteiger partial charge on any atom is 0.119 e. The normalized spacial score (nSPS) is 13.2. The van der Waals surface area contributed by atoms with Crippen molar-refractivity contribution in [1.82, 2.24) is 10.2 Å². The van der Waals surface area contributed by atoms with E-state index in [0.29, 0.717) is 12.0 Å². The molecule has 1 aromatic carbocycles. The Bertz CT molecular complexity index is 385. The Kier molecular flexibility index (Phi) is 7.76. The summed E-state index contributed by atoms with van der Waals surface area (Å²) in [4.78, 5) is 2.23. The Morgan fingerprint density at radius 2 is 1.67 bits per heavy atom. The second kappa shape index (κ2) is 9.06. The molecule has 120 valence electrons. The monoisotopic (exact) mass is 292 g/mol. The molecule has 21 heavy (non-hydrogen) atoms. The largest absolute Gasteiger partial charge is 0.491 e. The average Bonchev–Trinajstić information content (AvgIpc) is 2.38. The quantitative estimate of drug-likeness (QED) is 0.702. The maximum absolute atomic E-state index is 5.71. The smallest absolute Gasteiger partial charge is 0.119 e. The Morgan fingerprint density at radius 3 is 2.14 bits per heavy atom. The number of nitrogens with zero attached hydrogens (tertiary/aromatic N) is 1. The van der Waals surface area contributed by atoms with Gasteiger partial charge in [-0.25, -0.2) is 0 Å². The number of ether oxygens (including phenoxy) is 1. The van der Waals surface area contributed by atoms with E-state index in [1.807, 2.05) is 0 Å². The van der Waals surface area contributed by atoms with Crippen LogP contribution in [0.15, 0.2) is 24.3 Å². The van der Waals surface area contributed by atoms with Crippen molar-refractivity contribution in [2.75, 3.05) is 27.2 Å². The van der Waals surface area contributed by atoms with Gasteiger partial charge in [0.2, 0.25) is 0 Å². The minimum absolute atomic E-state index is 0.223. The van der Waals surface area contributed by atoms with Crippen molar-refractivity contribution in [3.8, 4) is 5.75 Å². The SMILES string of the molecule is CC(C)Oc1ccc([C@@H](NCCCN(C)C)C(C)C)cc1. The van der Waals surface area contributed by atoms with Gasteiger partial charge in [0.05, 0.1) is 6.10 Å². The first-order valence-electron chi connectivity index (χ1n) is 8.05. The zero-order chi connectivity index (χ0) is 15.8. The molecule has 0 heterocycles. The molecule has 0 unspecified atom stereocenters. The van der Waals surface area contributed by atoms with Crippen LogP contribution in [0, 0.1) is 5.92 Å². The minimum atomic E-state index is 0.223. The molecule has 0 aliphatic carbocycles. The van der Waals surface area contributed by atoms with Gasteiger partial charge in [-0.2, -0.15) is 0 Å². The van der Waals surface area contributed by atoms with E-state index < -0.39 is 0 Å². The van der Waals surface area contributed by atoms with Crippen molar-refractivity contribution in [3.63, 3.8) is 0 Å². The number of hydrogen-bond donors (Lipinski definition) is 1. The van der Waals surface area contributed by atoms with Gasteiger partial charge in [0.25, 0.3) is 0 Å². The molecule has 0 radical (unpaired) electrons. The van der Waals surface area contributed by atoms with E-state index in [0.717, 1.165) is 18.8 Å². The first kappa shape index (κ1) is 18.0. The van der Waals surface area contributed by atoms with Gasteiger partial charge in [0.1, 0.15) is 5.75 Å². The Labute approximate surface area is 130 Å². The second-order valence-electron chi connectivity index (χ2n) is 6.57. The van der Waals surface area contributed by atoms with E-state index in [1.54, 1.807) is 0 Å². The van der Waals surface area contributed by atoms with E-state index in [1.165, 1.54) is 12.0 Å². The standard InChI is InChI=1S/C18H32N2O/c1-14(2)18(19-12-7-13-20(5)6)16-8-10-17(11-9-16)21-15(3)4/h8-11,14-15,18-19H,7,12-13H2,1-6H3/t18-/m0/s1. The van der Waals surface area contributed by atoms with Crippen molar-refractivity contribution >= 4 is 0 Å². The summed E-state index contributed by atoms with van der Waals surface area (Å²) >= 11 is 0. The summed E-state index contributed by atoms with van der Waals surface area (Å²) in [6, 6.07) is 8.92. The molecule has 0 aromatic heterocycles. The molecular weight excluding hydrogens is 260 g/mol. The first-order valence-corrected chi connectivity index (χ1v) is 8.05. The molecule has 0 fully saturated rings. The first-order chi connectivity index (χ1) is 9.90. The molecule has 0 bridgehead atoms. The van der Waals surface area contributed by atoms with E-state index in [4.69, 9.17) is 4.74 Å². The van der Waals surface area contributed by atoms with Crippen molar-refractivity contribution in [2.24, 2.45) is 5.92 Å². The summed E-state index contributed by atoms with van der Waals surface area (Å²) < 4.78 is 5.71. The van der Waals surface area contributed by atoms with E-state index in [9.17, 15) is 0 Å². The molecular formula is C18H32N2O. The summed E-state index contributed by atoms with van der Waals surface area (Å²) in [5.74, 6) is 1.52. The van der Waals surface area contributed by atoms with Gasteiger partial charge >= 0.3 is 0 Å². The highest BCUT2D eigenvalue weighted by Gasteiger charge is 2.15. The number of nitrogens with one attached hydrogen (secondary N) is 1. The fraction of sp³-hybridized carbons (Fsp3) is 0.667. The molecule has 0 saturated heterocycles. The van der Waals surface area contributed by atoms with Crippen LogP contribution in [0.4, 0.5) is 0 Å². The molecule has 3 heteroatoms. The number of rotatable bonds is 9. The van der Waals surface area contributed by atoms with Crippen LogP contribution in [0.3, 0.4) is 0 Å².